The largest absolute Gasteiger partial charge is 0.494 e. The second kappa shape index (κ2) is 10.1. The molecule has 0 saturated carbocycles. The molecule has 0 aliphatic carbocycles. The van der Waals surface area contributed by atoms with Crippen LogP contribution >= 0.6 is 11.6 Å². The average Bonchev–Trinajstić information content (AvgIpc) is 2.53. The molecular weight excluding hydrogens is 316 g/mol. The van der Waals surface area contributed by atoms with Crippen molar-refractivity contribution in [3.8, 4) is 5.75 Å². The molecule has 0 aromatic heterocycles. The number of rotatable bonds is 9. The van der Waals surface area contributed by atoms with Crippen molar-refractivity contribution >= 4 is 23.4 Å². The summed E-state index contributed by atoms with van der Waals surface area (Å²) in [6.07, 6.45) is 0.402. The van der Waals surface area contributed by atoms with Gasteiger partial charge in [-0.2, -0.15) is 0 Å². The lowest BCUT2D eigenvalue weighted by molar-refractivity contribution is -0.128. The Morgan fingerprint density at radius 1 is 1.22 bits per heavy atom. The van der Waals surface area contributed by atoms with Crippen molar-refractivity contribution in [2.24, 2.45) is 5.92 Å². The van der Waals surface area contributed by atoms with E-state index in [0.29, 0.717) is 25.5 Å². The predicted octanol–water partition coefficient (Wildman–Crippen LogP) is 2.12. The van der Waals surface area contributed by atoms with E-state index in [1.54, 1.807) is 0 Å². The fourth-order valence-electron chi connectivity index (χ4n) is 1.99. The highest BCUT2D eigenvalue weighted by atomic mass is 35.5. The van der Waals surface area contributed by atoms with Gasteiger partial charge in [0.15, 0.2) is 0 Å². The van der Waals surface area contributed by atoms with Crippen molar-refractivity contribution in [1.82, 2.24) is 10.6 Å². The number of halogens is 1. The second-order valence-electron chi connectivity index (χ2n) is 5.67. The highest BCUT2D eigenvalue weighted by Gasteiger charge is 2.21. The Hall–Kier alpha value is -1.75. The van der Waals surface area contributed by atoms with Crippen molar-refractivity contribution in [3.63, 3.8) is 0 Å². The number of amides is 2. The molecule has 23 heavy (non-hydrogen) atoms. The first kappa shape index (κ1) is 19.3. The predicted molar refractivity (Wildman–Crippen MR) is 91.8 cm³/mol. The van der Waals surface area contributed by atoms with E-state index in [1.807, 2.05) is 45.0 Å². The zero-order valence-corrected chi connectivity index (χ0v) is 14.7. The van der Waals surface area contributed by atoms with Crippen LogP contribution in [-0.2, 0) is 16.0 Å². The monoisotopic (exact) mass is 340 g/mol. The summed E-state index contributed by atoms with van der Waals surface area (Å²) in [4.78, 5) is 23.8. The Bertz CT molecular complexity index is 503. The minimum Gasteiger partial charge on any atom is -0.494 e. The van der Waals surface area contributed by atoms with Gasteiger partial charge in [-0.1, -0.05) is 26.0 Å². The van der Waals surface area contributed by atoms with Crippen LogP contribution in [0.25, 0.3) is 0 Å². The molecule has 0 bridgehead atoms. The average molecular weight is 341 g/mol. The van der Waals surface area contributed by atoms with E-state index in [9.17, 15) is 9.59 Å². The van der Waals surface area contributed by atoms with E-state index in [1.165, 1.54) is 0 Å². The quantitative estimate of drug-likeness (QED) is 0.677. The van der Waals surface area contributed by atoms with Crippen LogP contribution < -0.4 is 15.4 Å². The van der Waals surface area contributed by atoms with Gasteiger partial charge in [-0.3, -0.25) is 9.59 Å². The van der Waals surface area contributed by atoms with E-state index in [-0.39, 0.29) is 17.7 Å². The third-order valence-electron chi connectivity index (χ3n) is 3.13. The zero-order valence-electron chi connectivity index (χ0n) is 13.9. The number of hydrogen-bond donors (Lipinski definition) is 2. The molecule has 0 aliphatic heterocycles. The molecule has 2 amide bonds. The summed E-state index contributed by atoms with van der Waals surface area (Å²) < 4.78 is 5.39. The van der Waals surface area contributed by atoms with E-state index in [4.69, 9.17) is 16.3 Å². The summed E-state index contributed by atoms with van der Waals surface area (Å²) in [7, 11) is 0. The smallest absolute Gasteiger partial charge is 0.242 e. The summed E-state index contributed by atoms with van der Waals surface area (Å²) in [6, 6.07) is 6.84. The maximum Gasteiger partial charge on any atom is 0.242 e. The third kappa shape index (κ3) is 7.37. The van der Waals surface area contributed by atoms with E-state index in [2.05, 4.69) is 10.6 Å². The molecule has 2 N–H and O–H groups in total. The molecule has 0 fully saturated rings. The summed E-state index contributed by atoms with van der Waals surface area (Å²) >= 11 is 5.53. The minimum atomic E-state index is -0.641. The van der Waals surface area contributed by atoms with E-state index < -0.39 is 6.04 Å². The molecule has 0 spiro atoms. The first-order chi connectivity index (χ1) is 11.0. The zero-order chi connectivity index (χ0) is 17.2. The van der Waals surface area contributed by atoms with Crippen molar-refractivity contribution < 1.29 is 14.3 Å². The standard InChI is InChI=1S/C17H25ClN2O3/c1-4-23-14-7-5-13(6-8-14)9-15(20-16(21)10-18)17(22)19-11-12(2)3/h5-8,12,15H,4,9-11H2,1-3H3,(H,19,22)(H,20,21)/t15-/m0/s1. The molecule has 0 saturated heterocycles. The number of benzene rings is 1. The van der Waals surface area contributed by atoms with Gasteiger partial charge in [0.05, 0.1) is 6.61 Å². The Balaban J connectivity index is 2.74. The van der Waals surface area contributed by atoms with Crippen LogP contribution in [0.4, 0.5) is 0 Å². The van der Waals surface area contributed by atoms with Gasteiger partial charge in [0.2, 0.25) is 11.8 Å². The fraction of sp³-hybridized carbons (Fsp3) is 0.529. The van der Waals surface area contributed by atoms with Gasteiger partial charge in [0, 0.05) is 13.0 Å². The number of alkyl halides is 1. The summed E-state index contributed by atoms with van der Waals surface area (Å²) in [5, 5.41) is 5.51. The summed E-state index contributed by atoms with van der Waals surface area (Å²) in [5.74, 6) is 0.390. The number of carbonyl (C=O) groups excluding carboxylic acids is 2. The van der Waals surface area contributed by atoms with Crippen molar-refractivity contribution in [2.75, 3.05) is 19.0 Å². The van der Waals surface area contributed by atoms with Crippen LogP contribution in [0.2, 0.25) is 0 Å². The molecule has 1 aromatic carbocycles. The second-order valence-corrected chi connectivity index (χ2v) is 5.94. The lowest BCUT2D eigenvalue weighted by atomic mass is 10.0. The molecule has 0 radical (unpaired) electrons. The fourth-order valence-corrected chi connectivity index (χ4v) is 2.07. The van der Waals surface area contributed by atoms with Crippen LogP contribution in [0.5, 0.6) is 5.75 Å². The Morgan fingerprint density at radius 3 is 2.39 bits per heavy atom. The normalized spacial score (nSPS) is 11.9. The van der Waals surface area contributed by atoms with E-state index >= 15 is 0 Å². The molecule has 0 unspecified atom stereocenters. The molecule has 128 valence electrons. The van der Waals surface area contributed by atoms with E-state index in [0.717, 1.165) is 11.3 Å². The Labute approximate surface area is 142 Å². The van der Waals surface area contributed by atoms with Gasteiger partial charge in [0.1, 0.15) is 17.7 Å². The molecule has 0 heterocycles. The minimum absolute atomic E-state index is 0.169. The van der Waals surface area contributed by atoms with Gasteiger partial charge in [-0.25, -0.2) is 0 Å². The van der Waals surface area contributed by atoms with Crippen LogP contribution in [0, 0.1) is 5.92 Å². The maximum absolute atomic E-state index is 12.3. The molecule has 0 aliphatic rings. The molecule has 6 heteroatoms. The lowest BCUT2D eigenvalue weighted by Gasteiger charge is -2.19. The molecule has 1 atom stereocenters. The molecule has 1 aromatic rings. The van der Waals surface area contributed by atoms with Crippen molar-refractivity contribution in [1.29, 1.82) is 0 Å². The van der Waals surface area contributed by atoms with Gasteiger partial charge in [-0.15, -0.1) is 11.6 Å². The molecule has 1 rings (SSSR count). The first-order valence-electron chi connectivity index (χ1n) is 7.81. The SMILES string of the molecule is CCOc1ccc(C[C@H](NC(=O)CCl)C(=O)NCC(C)C)cc1. The van der Waals surface area contributed by atoms with Crippen molar-refractivity contribution in [2.45, 2.75) is 33.2 Å². The summed E-state index contributed by atoms with van der Waals surface area (Å²) in [6.45, 7) is 7.11. The van der Waals surface area contributed by atoms with Crippen LogP contribution in [0.3, 0.4) is 0 Å². The third-order valence-corrected chi connectivity index (χ3v) is 3.37. The van der Waals surface area contributed by atoms with Crippen LogP contribution in [-0.4, -0.2) is 36.9 Å². The van der Waals surface area contributed by atoms with Gasteiger partial charge < -0.3 is 15.4 Å². The summed E-state index contributed by atoms with van der Waals surface area (Å²) in [5.41, 5.74) is 0.938. The van der Waals surface area contributed by atoms with Gasteiger partial charge >= 0.3 is 0 Å². The topological polar surface area (TPSA) is 67.4 Å². The van der Waals surface area contributed by atoms with Crippen LogP contribution in [0.1, 0.15) is 26.3 Å². The van der Waals surface area contributed by atoms with Crippen LogP contribution in [0.15, 0.2) is 24.3 Å². The Morgan fingerprint density at radius 2 is 1.87 bits per heavy atom. The Kier molecular flexibility index (Phi) is 8.48. The lowest BCUT2D eigenvalue weighted by Crippen LogP contribution is -2.49. The maximum atomic E-state index is 12.3. The molecule has 5 nitrogen and oxygen atoms in total. The highest BCUT2D eigenvalue weighted by Crippen LogP contribution is 2.13. The first-order valence-corrected chi connectivity index (χ1v) is 8.34. The number of ether oxygens (including phenoxy) is 1. The van der Waals surface area contributed by atoms with Gasteiger partial charge in [0.25, 0.3) is 0 Å². The molecular formula is C17H25ClN2O3. The highest BCUT2D eigenvalue weighted by molar-refractivity contribution is 6.27. The van der Waals surface area contributed by atoms with Crippen molar-refractivity contribution in [3.05, 3.63) is 29.8 Å². The van der Waals surface area contributed by atoms with Gasteiger partial charge in [-0.05, 0) is 30.5 Å². The number of nitrogens with one attached hydrogen (secondary N) is 2. The number of hydrogen-bond acceptors (Lipinski definition) is 3. The number of carbonyl (C=O) groups is 2.